The number of methoxy groups -OCH3 is 1. The van der Waals surface area contributed by atoms with Crippen LogP contribution in [0.4, 0.5) is 11.4 Å². The summed E-state index contributed by atoms with van der Waals surface area (Å²) in [6.07, 6.45) is 0. The Hall–Kier alpha value is -2.69. The maximum Gasteiger partial charge on any atom is 0.293 e. The van der Waals surface area contributed by atoms with Crippen molar-refractivity contribution in [3.8, 4) is 5.75 Å². The number of hydrogen-bond acceptors (Lipinski definition) is 7. The zero-order valence-electron chi connectivity index (χ0n) is 18.5. The Morgan fingerprint density at radius 2 is 1.71 bits per heavy atom. The first kappa shape index (κ1) is 24.6. The first-order chi connectivity index (χ1) is 14.6. The standard InChI is InChI=1S/C21H30N4O5S/c1-6-24(7-2)31(28,29)18-12-13-19(20(14-18)25(26)27)22-15-21(23(3)4)16-8-10-17(30-5)11-9-16/h8-14,21-22H,6-7,15H2,1-5H3. The molecule has 9 nitrogen and oxygen atoms in total. The van der Waals surface area contributed by atoms with Crippen LogP contribution in [0, 0.1) is 10.1 Å². The lowest BCUT2D eigenvalue weighted by atomic mass is 10.1. The van der Waals surface area contributed by atoms with Crippen molar-refractivity contribution < 1.29 is 18.1 Å². The van der Waals surface area contributed by atoms with Gasteiger partial charge in [0, 0.05) is 25.7 Å². The molecule has 10 heteroatoms. The average Bonchev–Trinajstić information content (AvgIpc) is 2.74. The molecule has 2 aromatic rings. The molecule has 0 aliphatic rings. The van der Waals surface area contributed by atoms with Gasteiger partial charge in [0.2, 0.25) is 10.0 Å². The molecule has 170 valence electrons. The van der Waals surface area contributed by atoms with Gasteiger partial charge in [-0.1, -0.05) is 26.0 Å². The van der Waals surface area contributed by atoms with Crippen LogP contribution >= 0.6 is 0 Å². The van der Waals surface area contributed by atoms with Gasteiger partial charge in [-0.05, 0) is 43.9 Å². The molecular weight excluding hydrogens is 420 g/mol. The summed E-state index contributed by atoms with van der Waals surface area (Å²) in [7, 11) is 1.66. The van der Waals surface area contributed by atoms with Crippen LogP contribution in [-0.4, -0.2) is 63.4 Å². The second-order valence-corrected chi connectivity index (χ2v) is 9.10. The third-order valence-corrected chi connectivity index (χ3v) is 7.16. The van der Waals surface area contributed by atoms with Crippen molar-refractivity contribution in [1.29, 1.82) is 0 Å². The van der Waals surface area contributed by atoms with Crippen LogP contribution in [0.15, 0.2) is 47.4 Å². The highest BCUT2D eigenvalue weighted by molar-refractivity contribution is 7.89. The molecule has 0 saturated heterocycles. The van der Waals surface area contributed by atoms with E-state index >= 15 is 0 Å². The predicted octanol–water partition coefficient (Wildman–Crippen LogP) is 3.35. The molecular formula is C21H30N4O5S. The molecule has 0 bridgehead atoms. The second kappa shape index (κ2) is 10.6. The number of nitro groups is 1. The summed E-state index contributed by atoms with van der Waals surface area (Å²) in [6.45, 7) is 4.43. The Kier molecular flexibility index (Phi) is 8.37. The molecule has 1 unspecified atom stereocenters. The highest BCUT2D eigenvalue weighted by Gasteiger charge is 2.26. The number of nitrogens with one attached hydrogen (secondary N) is 1. The first-order valence-electron chi connectivity index (χ1n) is 9.98. The molecule has 2 rings (SSSR count). The summed E-state index contributed by atoms with van der Waals surface area (Å²) in [6, 6.07) is 11.5. The monoisotopic (exact) mass is 450 g/mol. The van der Waals surface area contributed by atoms with E-state index in [-0.39, 0.29) is 22.3 Å². The molecule has 0 aliphatic carbocycles. The summed E-state index contributed by atoms with van der Waals surface area (Å²) in [5.41, 5.74) is 1.01. The molecule has 2 aromatic carbocycles. The number of likely N-dealkylation sites (N-methyl/N-ethyl adjacent to an activating group) is 1. The number of nitro benzene ring substituents is 1. The lowest BCUT2D eigenvalue weighted by Gasteiger charge is -2.26. The van der Waals surface area contributed by atoms with E-state index in [1.165, 1.54) is 16.4 Å². The summed E-state index contributed by atoms with van der Waals surface area (Å²) >= 11 is 0. The number of nitrogens with zero attached hydrogens (tertiary/aromatic N) is 3. The lowest BCUT2D eigenvalue weighted by molar-refractivity contribution is -0.384. The summed E-state index contributed by atoms with van der Waals surface area (Å²) < 4.78 is 31.9. The van der Waals surface area contributed by atoms with Gasteiger partial charge in [0.15, 0.2) is 0 Å². The summed E-state index contributed by atoms with van der Waals surface area (Å²) in [4.78, 5) is 13.0. The quantitative estimate of drug-likeness (QED) is 0.413. The molecule has 0 aromatic heterocycles. The Morgan fingerprint density at radius 3 is 2.19 bits per heavy atom. The highest BCUT2D eigenvalue weighted by Crippen LogP contribution is 2.30. The fourth-order valence-corrected chi connectivity index (χ4v) is 4.79. The van der Waals surface area contributed by atoms with E-state index in [2.05, 4.69) is 5.32 Å². The largest absolute Gasteiger partial charge is 0.497 e. The van der Waals surface area contributed by atoms with E-state index in [9.17, 15) is 18.5 Å². The van der Waals surface area contributed by atoms with E-state index in [1.54, 1.807) is 21.0 Å². The summed E-state index contributed by atoms with van der Waals surface area (Å²) in [5, 5.41) is 14.8. The van der Waals surface area contributed by atoms with Crippen molar-refractivity contribution in [2.45, 2.75) is 24.8 Å². The Morgan fingerprint density at radius 1 is 1.10 bits per heavy atom. The second-order valence-electron chi connectivity index (χ2n) is 7.16. The van der Waals surface area contributed by atoms with Gasteiger partial charge in [-0.25, -0.2) is 8.42 Å². The van der Waals surface area contributed by atoms with Crippen LogP contribution in [0.2, 0.25) is 0 Å². The van der Waals surface area contributed by atoms with Crippen molar-refractivity contribution >= 4 is 21.4 Å². The van der Waals surface area contributed by atoms with E-state index in [4.69, 9.17) is 4.74 Å². The zero-order chi connectivity index (χ0) is 23.2. The van der Waals surface area contributed by atoms with Crippen LogP contribution in [0.3, 0.4) is 0 Å². The van der Waals surface area contributed by atoms with Crippen LogP contribution in [0.25, 0.3) is 0 Å². The Labute approximate surface area is 183 Å². The van der Waals surface area contributed by atoms with Crippen molar-refractivity contribution in [2.75, 3.05) is 46.2 Å². The van der Waals surface area contributed by atoms with Crippen molar-refractivity contribution in [3.05, 3.63) is 58.1 Å². The SMILES string of the molecule is CCN(CC)S(=O)(=O)c1ccc(NCC(c2ccc(OC)cc2)N(C)C)c([N+](=O)[O-])c1. The van der Waals surface area contributed by atoms with E-state index < -0.39 is 14.9 Å². The van der Waals surface area contributed by atoms with Crippen LogP contribution in [-0.2, 0) is 10.0 Å². The number of benzene rings is 2. The maximum atomic E-state index is 12.7. The Bertz CT molecular complexity index is 989. The smallest absolute Gasteiger partial charge is 0.293 e. The third kappa shape index (κ3) is 5.72. The fraction of sp³-hybridized carbons (Fsp3) is 0.429. The van der Waals surface area contributed by atoms with Crippen molar-refractivity contribution in [3.63, 3.8) is 0 Å². The zero-order valence-corrected chi connectivity index (χ0v) is 19.3. The van der Waals surface area contributed by atoms with Crippen molar-refractivity contribution in [2.24, 2.45) is 0 Å². The minimum Gasteiger partial charge on any atom is -0.497 e. The molecule has 0 aliphatic heterocycles. The van der Waals surface area contributed by atoms with Gasteiger partial charge in [0.1, 0.15) is 11.4 Å². The maximum absolute atomic E-state index is 12.7. The van der Waals surface area contributed by atoms with Gasteiger partial charge in [-0.2, -0.15) is 4.31 Å². The third-order valence-electron chi connectivity index (χ3n) is 5.12. The van der Waals surface area contributed by atoms with Crippen molar-refractivity contribution in [1.82, 2.24) is 9.21 Å². The molecule has 1 atom stereocenters. The molecule has 1 N–H and O–H groups in total. The number of sulfonamides is 1. The molecule has 0 saturated carbocycles. The van der Waals surface area contributed by atoms with Gasteiger partial charge in [0.05, 0.1) is 23.0 Å². The molecule has 0 fully saturated rings. The van der Waals surface area contributed by atoms with Gasteiger partial charge in [-0.15, -0.1) is 0 Å². The topological polar surface area (TPSA) is 105 Å². The van der Waals surface area contributed by atoms with Crippen LogP contribution < -0.4 is 10.1 Å². The van der Waals surface area contributed by atoms with E-state index in [1.807, 2.05) is 43.3 Å². The lowest BCUT2D eigenvalue weighted by Crippen LogP contribution is -2.30. The highest BCUT2D eigenvalue weighted by atomic mass is 32.2. The van der Waals surface area contributed by atoms with Gasteiger partial charge < -0.3 is 15.0 Å². The van der Waals surface area contributed by atoms with Gasteiger partial charge >= 0.3 is 0 Å². The predicted molar refractivity (Wildman–Crippen MR) is 121 cm³/mol. The van der Waals surface area contributed by atoms with Crippen LogP contribution in [0.1, 0.15) is 25.5 Å². The van der Waals surface area contributed by atoms with E-state index in [0.717, 1.165) is 17.4 Å². The summed E-state index contributed by atoms with van der Waals surface area (Å²) in [5.74, 6) is 0.745. The minimum atomic E-state index is -3.79. The number of ether oxygens (including phenoxy) is 1. The Balaban J connectivity index is 2.32. The first-order valence-corrected chi connectivity index (χ1v) is 11.4. The molecule has 0 radical (unpaired) electrons. The van der Waals surface area contributed by atoms with Crippen LogP contribution in [0.5, 0.6) is 5.75 Å². The molecule has 31 heavy (non-hydrogen) atoms. The fourth-order valence-electron chi connectivity index (χ4n) is 3.32. The number of rotatable bonds is 11. The molecule has 0 spiro atoms. The molecule has 0 amide bonds. The number of anilines is 1. The van der Waals surface area contributed by atoms with Gasteiger partial charge in [0.25, 0.3) is 5.69 Å². The van der Waals surface area contributed by atoms with Gasteiger partial charge in [-0.3, -0.25) is 10.1 Å². The van der Waals surface area contributed by atoms with E-state index in [0.29, 0.717) is 19.6 Å². The minimum absolute atomic E-state index is 0.0652. The average molecular weight is 451 g/mol. The number of hydrogen-bond donors (Lipinski definition) is 1. The molecule has 0 heterocycles. The normalized spacial score (nSPS) is 12.7.